The SMILES string of the molecule is C1=CC2C=Cc3c(-c4c(-c5ccccc5)c(-c5ccccc5)c(-c5ccc6ccc7cccc8ccc5c6c78)c5c(-c6ccccc6)c(-c6ccccc6)c(-c6ccccc6)c(-c6ccccc6)c45)ccc4c3C2C(=C1)C=C4. The number of fused-ring (bicyclic) bond motifs is 1. The molecule has 3 aliphatic carbocycles. The highest BCUT2D eigenvalue weighted by Gasteiger charge is 2.37. The number of benzene rings is 13. The molecule has 3 aliphatic rings. The van der Waals surface area contributed by atoms with Crippen LogP contribution in [0.5, 0.6) is 0 Å². The van der Waals surface area contributed by atoms with Crippen molar-refractivity contribution in [1.82, 2.24) is 0 Å². The molecule has 2 unspecified atom stereocenters. The van der Waals surface area contributed by atoms with E-state index in [1.807, 2.05) is 0 Å². The zero-order valence-electron chi connectivity index (χ0n) is 42.9. The van der Waals surface area contributed by atoms with E-state index in [0.717, 1.165) is 5.56 Å². The van der Waals surface area contributed by atoms with E-state index >= 15 is 0 Å². The monoisotopic (exact) mass is 986 g/mol. The third-order valence-corrected chi connectivity index (χ3v) is 17.1. The highest BCUT2D eigenvalue weighted by molar-refractivity contribution is 6.34. The number of allylic oxidation sites excluding steroid dienone is 6. The summed E-state index contributed by atoms with van der Waals surface area (Å²) in [6.45, 7) is 0. The lowest BCUT2D eigenvalue weighted by Gasteiger charge is -2.37. The van der Waals surface area contributed by atoms with Crippen molar-refractivity contribution in [2.45, 2.75) is 5.92 Å². The molecule has 78 heavy (non-hydrogen) atoms. The summed E-state index contributed by atoms with van der Waals surface area (Å²) < 4.78 is 0. The predicted molar refractivity (Wildman–Crippen MR) is 333 cm³/mol. The second kappa shape index (κ2) is 17.9. The molecule has 0 nitrogen and oxygen atoms in total. The van der Waals surface area contributed by atoms with Gasteiger partial charge >= 0.3 is 0 Å². The Balaban J connectivity index is 1.26. The molecular weight excluding hydrogens is 937 g/mol. The third-order valence-electron chi connectivity index (χ3n) is 17.1. The molecule has 0 aromatic heterocycles. The Bertz CT molecular complexity index is 4640. The first-order valence-corrected chi connectivity index (χ1v) is 27.4. The fourth-order valence-electron chi connectivity index (χ4n) is 14.0. The van der Waals surface area contributed by atoms with E-state index < -0.39 is 0 Å². The Hall–Kier alpha value is -9.88. The lowest BCUT2D eigenvalue weighted by Crippen LogP contribution is -2.21. The quantitative estimate of drug-likeness (QED) is 0.133. The smallest absolute Gasteiger partial charge is 0.0199 e. The molecule has 0 N–H and O–H groups in total. The maximum Gasteiger partial charge on any atom is 0.0199 e. The van der Waals surface area contributed by atoms with Crippen LogP contribution < -0.4 is 0 Å². The minimum atomic E-state index is 0.226. The highest BCUT2D eigenvalue weighted by atomic mass is 14.4. The summed E-state index contributed by atoms with van der Waals surface area (Å²) in [4.78, 5) is 0. The summed E-state index contributed by atoms with van der Waals surface area (Å²) in [5.74, 6) is 0.505. The van der Waals surface area contributed by atoms with E-state index in [-0.39, 0.29) is 11.8 Å². The molecule has 0 radical (unpaired) electrons. The van der Waals surface area contributed by atoms with Crippen LogP contribution in [0.3, 0.4) is 0 Å². The van der Waals surface area contributed by atoms with Gasteiger partial charge in [0, 0.05) is 11.8 Å². The Kier molecular flexibility index (Phi) is 10.2. The summed E-state index contributed by atoms with van der Waals surface area (Å²) in [5, 5.41) is 10.1. The predicted octanol–water partition coefficient (Wildman–Crippen LogP) is 21.3. The molecule has 0 heterocycles. The fraction of sp³-hybridized carbons (Fsp3) is 0.0256. The van der Waals surface area contributed by atoms with Crippen LogP contribution >= 0.6 is 0 Å². The minimum Gasteiger partial charge on any atom is -0.0767 e. The average Bonchev–Trinajstić information content (AvgIpc) is 3.69. The van der Waals surface area contributed by atoms with Gasteiger partial charge in [-0.1, -0.05) is 291 Å². The average molecular weight is 987 g/mol. The van der Waals surface area contributed by atoms with Gasteiger partial charge in [0.15, 0.2) is 0 Å². The van der Waals surface area contributed by atoms with Gasteiger partial charge in [0.25, 0.3) is 0 Å². The van der Waals surface area contributed by atoms with Gasteiger partial charge in [-0.15, -0.1) is 0 Å². The van der Waals surface area contributed by atoms with Crippen LogP contribution in [0.1, 0.15) is 22.6 Å². The van der Waals surface area contributed by atoms with Gasteiger partial charge in [-0.3, -0.25) is 0 Å². The minimum absolute atomic E-state index is 0.226. The molecule has 362 valence electrons. The van der Waals surface area contributed by atoms with E-state index in [9.17, 15) is 0 Å². The molecule has 0 spiro atoms. The Morgan fingerprint density at radius 1 is 0.269 bits per heavy atom. The third kappa shape index (κ3) is 6.73. The number of rotatable bonds is 8. The van der Waals surface area contributed by atoms with Crippen molar-refractivity contribution in [2.75, 3.05) is 0 Å². The summed E-state index contributed by atoms with van der Waals surface area (Å²) in [7, 11) is 0. The second-order valence-electron chi connectivity index (χ2n) is 21.2. The van der Waals surface area contributed by atoms with Gasteiger partial charge in [-0.2, -0.15) is 0 Å². The lowest BCUT2D eigenvalue weighted by molar-refractivity contribution is 0.665. The zero-order valence-corrected chi connectivity index (χ0v) is 42.9. The number of hydrogen-bond acceptors (Lipinski definition) is 0. The normalized spacial score (nSPS) is 15.1. The summed E-state index contributed by atoms with van der Waals surface area (Å²) in [5.41, 5.74) is 24.5. The molecule has 0 fully saturated rings. The van der Waals surface area contributed by atoms with Crippen molar-refractivity contribution in [3.63, 3.8) is 0 Å². The molecule has 0 saturated carbocycles. The zero-order chi connectivity index (χ0) is 51.3. The molecule has 13 aromatic rings. The van der Waals surface area contributed by atoms with Gasteiger partial charge in [-0.25, -0.2) is 0 Å². The largest absolute Gasteiger partial charge is 0.0767 e. The van der Waals surface area contributed by atoms with Crippen LogP contribution in [0.15, 0.2) is 285 Å². The van der Waals surface area contributed by atoms with Crippen molar-refractivity contribution in [3.8, 4) is 89.0 Å². The van der Waals surface area contributed by atoms with Crippen molar-refractivity contribution in [1.29, 1.82) is 0 Å². The second-order valence-corrected chi connectivity index (χ2v) is 21.2. The molecular formula is C78H50. The van der Waals surface area contributed by atoms with E-state index in [1.165, 1.54) is 149 Å². The standard InChI is InChI=1S/C78H50/c1-7-21-49(22-8-1)69-70(50-23-9-2-10-24-50)74(54-31-17-6-18-32-54)78-76(64-48-44-60-40-38-56-34-20-36-58-42-46-62(64)68(60)66(56)58)72(52-27-13-4-14-28-52)71(51-25-11-3-12-26-51)75(77(78)73(69)53-29-15-5-16-30-53)63-47-43-59-39-37-55-33-19-35-57-41-45-61(63)67(59)65(55)57/h1-48,57,65H. The van der Waals surface area contributed by atoms with E-state index in [2.05, 4.69) is 291 Å². The Labute approximate surface area is 454 Å². The van der Waals surface area contributed by atoms with Crippen molar-refractivity contribution >= 4 is 55.2 Å². The topological polar surface area (TPSA) is 0 Å². The van der Waals surface area contributed by atoms with Gasteiger partial charge in [0.2, 0.25) is 0 Å². The van der Waals surface area contributed by atoms with E-state index in [1.54, 1.807) is 0 Å². The van der Waals surface area contributed by atoms with E-state index in [0.29, 0.717) is 0 Å². The van der Waals surface area contributed by atoms with Crippen molar-refractivity contribution in [2.24, 2.45) is 5.92 Å². The van der Waals surface area contributed by atoms with Crippen LogP contribution in [0, 0.1) is 5.92 Å². The Morgan fingerprint density at radius 3 is 1.21 bits per heavy atom. The fourth-order valence-corrected chi connectivity index (χ4v) is 14.0. The molecule has 0 aliphatic heterocycles. The van der Waals surface area contributed by atoms with Crippen molar-refractivity contribution in [3.05, 3.63) is 301 Å². The van der Waals surface area contributed by atoms with Gasteiger partial charge in [0.1, 0.15) is 0 Å². The van der Waals surface area contributed by atoms with Gasteiger partial charge in [-0.05, 0) is 154 Å². The van der Waals surface area contributed by atoms with Crippen LogP contribution in [0.2, 0.25) is 0 Å². The molecule has 0 heteroatoms. The van der Waals surface area contributed by atoms with Crippen molar-refractivity contribution < 1.29 is 0 Å². The van der Waals surface area contributed by atoms with Gasteiger partial charge < -0.3 is 0 Å². The maximum absolute atomic E-state index is 2.47. The summed E-state index contributed by atoms with van der Waals surface area (Å²) >= 11 is 0. The summed E-state index contributed by atoms with van der Waals surface area (Å²) in [6.07, 6.45) is 16.6. The highest BCUT2D eigenvalue weighted by Crippen LogP contribution is 2.62. The first-order valence-electron chi connectivity index (χ1n) is 27.4. The Morgan fingerprint density at radius 2 is 0.692 bits per heavy atom. The first-order chi connectivity index (χ1) is 38.8. The van der Waals surface area contributed by atoms with Gasteiger partial charge in [0.05, 0.1) is 0 Å². The molecule has 0 bridgehead atoms. The van der Waals surface area contributed by atoms with Crippen LogP contribution in [0.4, 0.5) is 0 Å². The van der Waals surface area contributed by atoms with Crippen LogP contribution in [-0.2, 0) is 0 Å². The molecule has 0 saturated heterocycles. The number of hydrogen-bond donors (Lipinski definition) is 0. The molecule has 13 aromatic carbocycles. The van der Waals surface area contributed by atoms with E-state index in [4.69, 9.17) is 0 Å². The molecule has 0 amide bonds. The maximum atomic E-state index is 2.47. The van der Waals surface area contributed by atoms with Crippen LogP contribution in [-0.4, -0.2) is 0 Å². The summed E-state index contributed by atoms with van der Waals surface area (Å²) in [6, 6.07) is 93.6. The molecule has 16 rings (SSSR count). The molecule has 2 atom stereocenters. The lowest BCUT2D eigenvalue weighted by atomic mass is 9.66. The van der Waals surface area contributed by atoms with Crippen LogP contribution in [0.25, 0.3) is 144 Å². The first kappa shape index (κ1) is 44.4.